The predicted octanol–water partition coefficient (Wildman–Crippen LogP) is 1.10. The number of esters is 3. The van der Waals surface area contributed by atoms with Crippen molar-refractivity contribution in [2.45, 2.75) is 51.5 Å². The van der Waals surface area contributed by atoms with Crippen LogP contribution in [0.25, 0.3) is 0 Å². The molecule has 1 heterocycles. The summed E-state index contributed by atoms with van der Waals surface area (Å²) in [6.45, 7) is 5.84. The van der Waals surface area contributed by atoms with E-state index in [1.807, 2.05) is 12.1 Å². The number of nitrogens with two attached hydrogens (primary N) is 1. The van der Waals surface area contributed by atoms with Gasteiger partial charge in [0.15, 0.2) is 6.23 Å². The van der Waals surface area contributed by atoms with Gasteiger partial charge in [-0.25, -0.2) is 0 Å². The largest absolute Gasteiger partial charge is 0.497 e. The lowest BCUT2D eigenvalue weighted by atomic mass is 10.1. The van der Waals surface area contributed by atoms with Crippen molar-refractivity contribution in [3.8, 4) is 5.75 Å². The van der Waals surface area contributed by atoms with Gasteiger partial charge in [0.1, 0.15) is 23.9 Å². The number of rotatable bonds is 9. The highest BCUT2D eigenvalue weighted by molar-refractivity contribution is 6.02. The average molecular weight is 464 g/mol. The van der Waals surface area contributed by atoms with Gasteiger partial charge in [0.2, 0.25) is 0 Å². The van der Waals surface area contributed by atoms with Crippen molar-refractivity contribution < 1.29 is 33.3 Å². The molecule has 182 valence electrons. The molecule has 0 saturated heterocycles. The molecule has 2 rings (SSSR count). The summed E-state index contributed by atoms with van der Waals surface area (Å²) in [5, 5.41) is 0. The van der Waals surface area contributed by atoms with Crippen molar-refractivity contribution in [1.82, 2.24) is 4.90 Å². The van der Waals surface area contributed by atoms with Crippen LogP contribution < -0.4 is 10.5 Å². The number of benzene rings is 1. The molecular formula is C23H33N3O7. The standard InChI is InChI=1S/C23H33N3O7/c1-23(2,3)33-20(28)14-26-11-10-25-18(13-19(27)31-5)21(26)32-22(29)17(24)12-15-6-8-16(30-4)9-7-15/h6-9,17,21H,10-14,24H2,1-5H3/t17-,21?/m0/s1. The van der Waals surface area contributed by atoms with Crippen LogP contribution in [-0.2, 0) is 35.0 Å². The van der Waals surface area contributed by atoms with Crippen molar-refractivity contribution in [2.24, 2.45) is 10.7 Å². The molecule has 0 aliphatic carbocycles. The number of hydrogen-bond donors (Lipinski definition) is 1. The lowest BCUT2D eigenvalue weighted by molar-refractivity contribution is -0.165. The fourth-order valence-corrected chi connectivity index (χ4v) is 3.23. The molecule has 0 amide bonds. The number of carbonyl (C=O) groups is 3. The Hall–Kier alpha value is -2.98. The summed E-state index contributed by atoms with van der Waals surface area (Å²) in [6.07, 6.45) is -0.960. The zero-order valence-electron chi connectivity index (χ0n) is 19.8. The minimum Gasteiger partial charge on any atom is -0.497 e. The summed E-state index contributed by atoms with van der Waals surface area (Å²) in [7, 11) is 2.83. The van der Waals surface area contributed by atoms with E-state index in [-0.39, 0.29) is 19.4 Å². The summed E-state index contributed by atoms with van der Waals surface area (Å²) >= 11 is 0. The number of carbonyl (C=O) groups excluding carboxylic acids is 3. The second kappa shape index (κ2) is 11.8. The maximum Gasteiger partial charge on any atom is 0.325 e. The van der Waals surface area contributed by atoms with E-state index in [1.54, 1.807) is 44.9 Å². The van der Waals surface area contributed by atoms with Gasteiger partial charge >= 0.3 is 17.9 Å². The third kappa shape index (κ3) is 8.47. The van der Waals surface area contributed by atoms with Crippen LogP contribution in [0.4, 0.5) is 0 Å². The molecule has 1 aromatic rings. The molecule has 2 N–H and O–H groups in total. The first-order valence-electron chi connectivity index (χ1n) is 10.7. The molecule has 2 atom stereocenters. The van der Waals surface area contributed by atoms with Gasteiger partial charge in [-0.3, -0.25) is 24.3 Å². The van der Waals surface area contributed by atoms with E-state index < -0.39 is 35.8 Å². The zero-order valence-corrected chi connectivity index (χ0v) is 19.8. The molecule has 1 aromatic carbocycles. The first-order valence-corrected chi connectivity index (χ1v) is 10.7. The lowest BCUT2D eigenvalue weighted by Gasteiger charge is -2.35. The summed E-state index contributed by atoms with van der Waals surface area (Å²) in [5.41, 5.74) is 6.55. The summed E-state index contributed by atoms with van der Waals surface area (Å²) in [6, 6.07) is 6.22. The van der Waals surface area contributed by atoms with Crippen molar-refractivity contribution in [3.05, 3.63) is 29.8 Å². The highest BCUT2D eigenvalue weighted by atomic mass is 16.6. The van der Waals surface area contributed by atoms with E-state index in [1.165, 1.54) is 7.11 Å². The van der Waals surface area contributed by atoms with E-state index >= 15 is 0 Å². The van der Waals surface area contributed by atoms with Gasteiger partial charge in [-0.15, -0.1) is 0 Å². The van der Waals surface area contributed by atoms with Crippen molar-refractivity contribution in [2.75, 3.05) is 33.9 Å². The first kappa shape index (κ1) is 26.3. The molecule has 0 aromatic heterocycles. The second-order valence-electron chi connectivity index (χ2n) is 8.63. The number of nitrogens with zero attached hydrogens (tertiary/aromatic N) is 2. The minimum absolute atomic E-state index is 0.136. The van der Waals surface area contributed by atoms with Gasteiger partial charge < -0.3 is 24.7 Å². The minimum atomic E-state index is -1.03. The third-order valence-corrected chi connectivity index (χ3v) is 4.77. The predicted molar refractivity (Wildman–Crippen MR) is 121 cm³/mol. The van der Waals surface area contributed by atoms with Crippen LogP contribution >= 0.6 is 0 Å². The lowest BCUT2D eigenvalue weighted by Crippen LogP contribution is -2.53. The van der Waals surface area contributed by atoms with Gasteiger partial charge in [0.25, 0.3) is 0 Å². The normalized spacial score (nSPS) is 17.5. The molecule has 0 radical (unpaired) electrons. The molecule has 1 aliphatic rings. The van der Waals surface area contributed by atoms with Crippen molar-refractivity contribution in [3.63, 3.8) is 0 Å². The molecular weight excluding hydrogens is 430 g/mol. The van der Waals surface area contributed by atoms with E-state index in [4.69, 9.17) is 24.7 Å². The van der Waals surface area contributed by atoms with Gasteiger partial charge in [-0.2, -0.15) is 0 Å². The van der Waals surface area contributed by atoms with Gasteiger partial charge in [-0.05, 0) is 44.9 Å². The van der Waals surface area contributed by atoms with Crippen LogP contribution in [0.1, 0.15) is 32.8 Å². The summed E-state index contributed by atoms with van der Waals surface area (Å²) in [4.78, 5) is 43.0. The van der Waals surface area contributed by atoms with Crippen LogP contribution in [0.5, 0.6) is 5.75 Å². The summed E-state index contributed by atoms with van der Waals surface area (Å²) in [5.74, 6) is -0.995. The van der Waals surface area contributed by atoms with Crippen LogP contribution in [0, 0.1) is 0 Å². The van der Waals surface area contributed by atoms with E-state index in [2.05, 4.69) is 4.99 Å². The SMILES string of the molecule is COC(=O)CC1=NCCN(CC(=O)OC(C)(C)C)C1OC(=O)[C@@H](N)Cc1ccc(OC)cc1. The van der Waals surface area contributed by atoms with Crippen molar-refractivity contribution in [1.29, 1.82) is 0 Å². The molecule has 1 aliphatic heterocycles. The fourth-order valence-electron chi connectivity index (χ4n) is 3.23. The number of methoxy groups -OCH3 is 2. The smallest absolute Gasteiger partial charge is 0.325 e. The first-order chi connectivity index (χ1) is 15.5. The Balaban J connectivity index is 2.13. The molecule has 0 bridgehead atoms. The van der Waals surface area contributed by atoms with E-state index in [9.17, 15) is 14.4 Å². The van der Waals surface area contributed by atoms with Gasteiger partial charge in [0.05, 0.1) is 32.9 Å². The molecule has 1 unspecified atom stereocenters. The Morgan fingerprint density at radius 2 is 1.82 bits per heavy atom. The number of ether oxygens (including phenoxy) is 4. The third-order valence-electron chi connectivity index (χ3n) is 4.77. The Labute approximate surface area is 194 Å². The Kier molecular flexibility index (Phi) is 9.36. The molecule has 0 fully saturated rings. The fraction of sp³-hybridized carbons (Fsp3) is 0.565. The topological polar surface area (TPSA) is 130 Å². The Bertz CT molecular complexity index is 862. The van der Waals surface area contributed by atoms with Crippen LogP contribution in [0.3, 0.4) is 0 Å². The number of aliphatic imine (C=N–C) groups is 1. The monoisotopic (exact) mass is 463 g/mol. The van der Waals surface area contributed by atoms with Gasteiger partial charge in [-0.1, -0.05) is 12.1 Å². The van der Waals surface area contributed by atoms with Crippen LogP contribution in [0.2, 0.25) is 0 Å². The molecule has 0 saturated carbocycles. The number of hydrogen-bond acceptors (Lipinski definition) is 10. The zero-order chi connectivity index (χ0) is 24.6. The van der Waals surface area contributed by atoms with E-state index in [0.717, 1.165) is 5.56 Å². The maximum absolute atomic E-state index is 12.8. The van der Waals surface area contributed by atoms with E-state index in [0.29, 0.717) is 24.6 Å². The Morgan fingerprint density at radius 3 is 2.39 bits per heavy atom. The average Bonchev–Trinajstić information content (AvgIpc) is 2.74. The second-order valence-corrected chi connectivity index (χ2v) is 8.63. The molecule has 0 spiro atoms. The summed E-state index contributed by atoms with van der Waals surface area (Å²) < 4.78 is 20.9. The molecule has 10 heteroatoms. The van der Waals surface area contributed by atoms with Crippen LogP contribution in [0.15, 0.2) is 29.3 Å². The molecule has 10 nitrogen and oxygen atoms in total. The molecule has 33 heavy (non-hydrogen) atoms. The quantitative estimate of drug-likeness (QED) is 0.422. The van der Waals surface area contributed by atoms with Gasteiger partial charge in [0, 0.05) is 6.54 Å². The maximum atomic E-state index is 12.8. The highest BCUT2D eigenvalue weighted by Gasteiger charge is 2.35. The highest BCUT2D eigenvalue weighted by Crippen LogP contribution is 2.17. The Morgan fingerprint density at radius 1 is 1.15 bits per heavy atom. The van der Waals surface area contributed by atoms with Crippen molar-refractivity contribution >= 4 is 23.6 Å². The van der Waals surface area contributed by atoms with Crippen LogP contribution in [-0.4, -0.2) is 80.2 Å².